The van der Waals surface area contributed by atoms with Gasteiger partial charge < -0.3 is 9.73 Å². The first-order chi connectivity index (χ1) is 8.79. The van der Waals surface area contributed by atoms with Crippen molar-refractivity contribution >= 4 is 23.3 Å². The molecule has 0 saturated heterocycles. The smallest absolute Gasteiger partial charge is 0.262 e. The van der Waals surface area contributed by atoms with Gasteiger partial charge in [0.25, 0.3) is 5.91 Å². The molecule has 0 saturated carbocycles. The van der Waals surface area contributed by atoms with Gasteiger partial charge >= 0.3 is 0 Å². The highest BCUT2D eigenvalue weighted by atomic mass is 32.1. The lowest BCUT2D eigenvalue weighted by molar-refractivity contribution is -0.117. The quantitative estimate of drug-likeness (QED) is 0.672. The van der Waals surface area contributed by atoms with Crippen molar-refractivity contribution in [1.29, 1.82) is 5.26 Å². The van der Waals surface area contributed by atoms with Gasteiger partial charge in [-0.25, -0.2) is 0 Å². The van der Waals surface area contributed by atoms with Crippen LogP contribution >= 0.6 is 11.3 Å². The highest BCUT2D eigenvalue weighted by Gasteiger charge is 2.09. The molecule has 0 aliphatic rings. The molecule has 2 rings (SSSR count). The number of nitrogens with zero attached hydrogens (tertiary/aromatic N) is 2. The fraction of sp³-hybridized carbons (Fsp3) is 0.0833. The molecule has 1 amide bonds. The third kappa shape index (κ3) is 3.06. The molecule has 90 valence electrons. The maximum absolute atomic E-state index is 11.7. The summed E-state index contributed by atoms with van der Waals surface area (Å²) in [5, 5.41) is 11.5. The van der Waals surface area contributed by atoms with Crippen molar-refractivity contribution < 1.29 is 9.21 Å². The lowest BCUT2D eigenvalue weighted by Crippen LogP contribution is -2.23. The number of rotatable bonds is 4. The number of amides is 1. The van der Waals surface area contributed by atoms with Crippen LogP contribution in [0.25, 0.3) is 6.08 Å². The minimum atomic E-state index is -0.428. The van der Waals surface area contributed by atoms with E-state index in [1.54, 1.807) is 23.8 Å². The monoisotopic (exact) mass is 259 g/mol. The summed E-state index contributed by atoms with van der Waals surface area (Å²) in [5.41, 5.74) is 1.69. The molecular formula is C12H9N3O2S. The van der Waals surface area contributed by atoms with E-state index in [-0.39, 0.29) is 12.1 Å². The van der Waals surface area contributed by atoms with E-state index in [0.717, 1.165) is 4.88 Å². The molecule has 5 nitrogen and oxygen atoms in total. The molecule has 0 spiro atoms. The lowest BCUT2D eigenvalue weighted by Gasteiger charge is -2.01. The highest BCUT2D eigenvalue weighted by Crippen LogP contribution is 2.11. The molecule has 0 unspecified atom stereocenters. The Morgan fingerprint density at radius 3 is 3.17 bits per heavy atom. The summed E-state index contributed by atoms with van der Waals surface area (Å²) in [6.45, 7) is 0.257. The van der Waals surface area contributed by atoms with Gasteiger partial charge in [-0.1, -0.05) is 0 Å². The number of carbonyl (C=O) groups excluding carboxylic acids is 1. The number of thiazole rings is 1. The van der Waals surface area contributed by atoms with Crippen molar-refractivity contribution in [3.05, 3.63) is 46.3 Å². The average Bonchev–Trinajstić information content (AvgIpc) is 3.06. The van der Waals surface area contributed by atoms with Crippen LogP contribution in [0.1, 0.15) is 10.6 Å². The number of aromatic nitrogens is 1. The van der Waals surface area contributed by atoms with Crippen LogP contribution in [0.15, 0.2) is 40.1 Å². The summed E-state index contributed by atoms with van der Waals surface area (Å²) in [6.07, 6.45) is 4.64. The summed E-state index contributed by atoms with van der Waals surface area (Å²) in [7, 11) is 0. The van der Waals surface area contributed by atoms with Gasteiger partial charge in [0.15, 0.2) is 0 Å². The molecule has 2 aromatic rings. The predicted octanol–water partition coefficient (Wildman–Crippen LogP) is 1.96. The Hall–Kier alpha value is -2.39. The van der Waals surface area contributed by atoms with E-state index >= 15 is 0 Å². The maximum atomic E-state index is 11.7. The molecule has 1 N–H and O–H groups in total. The average molecular weight is 259 g/mol. The maximum Gasteiger partial charge on any atom is 0.262 e. The third-order valence-corrected chi connectivity index (χ3v) is 2.83. The Bertz CT molecular complexity index is 579. The van der Waals surface area contributed by atoms with Crippen LogP contribution in [0, 0.1) is 11.3 Å². The van der Waals surface area contributed by atoms with Gasteiger partial charge in [0.2, 0.25) is 0 Å². The van der Waals surface area contributed by atoms with Gasteiger partial charge in [-0.3, -0.25) is 9.78 Å². The largest absolute Gasteiger partial charge is 0.467 e. The minimum Gasteiger partial charge on any atom is -0.467 e. The molecule has 0 fully saturated rings. The van der Waals surface area contributed by atoms with E-state index in [9.17, 15) is 4.79 Å². The van der Waals surface area contributed by atoms with E-state index < -0.39 is 5.91 Å². The standard InChI is InChI=1S/C12H9N3O2S/c13-5-9(4-11-7-14-8-18-11)12(16)15-6-10-2-1-3-17-10/h1-4,7-8H,6H2,(H,15,16)/b9-4+. The van der Waals surface area contributed by atoms with Gasteiger partial charge in [0.05, 0.1) is 18.3 Å². The normalized spacial score (nSPS) is 10.9. The lowest BCUT2D eigenvalue weighted by atomic mass is 10.2. The Morgan fingerprint density at radius 2 is 2.56 bits per heavy atom. The number of furan rings is 1. The van der Waals surface area contributed by atoms with Crippen molar-refractivity contribution in [1.82, 2.24) is 10.3 Å². The Morgan fingerprint density at radius 1 is 1.67 bits per heavy atom. The Balaban J connectivity index is 2.00. The molecule has 0 radical (unpaired) electrons. The summed E-state index contributed by atoms with van der Waals surface area (Å²) < 4.78 is 5.08. The van der Waals surface area contributed by atoms with Crippen molar-refractivity contribution in [3.8, 4) is 6.07 Å². The van der Waals surface area contributed by atoms with Crippen molar-refractivity contribution in [2.24, 2.45) is 0 Å². The molecular weight excluding hydrogens is 250 g/mol. The van der Waals surface area contributed by atoms with Gasteiger partial charge in [0, 0.05) is 11.1 Å². The van der Waals surface area contributed by atoms with E-state index in [1.165, 1.54) is 23.7 Å². The second kappa shape index (κ2) is 5.80. The van der Waals surface area contributed by atoms with Crippen LogP contribution < -0.4 is 5.32 Å². The fourth-order valence-corrected chi connectivity index (χ4v) is 1.81. The highest BCUT2D eigenvalue weighted by molar-refractivity contribution is 7.10. The molecule has 6 heteroatoms. The van der Waals surface area contributed by atoms with E-state index in [1.807, 2.05) is 6.07 Å². The van der Waals surface area contributed by atoms with Crippen molar-refractivity contribution in [3.63, 3.8) is 0 Å². The zero-order valence-corrected chi connectivity index (χ0v) is 10.1. The summed E-state index contributed by atoms with van der Waals surface area (Å²) in [4.78, 5) is 16.4. The van der Waals surface area contributed by atoms with E-state index in [4.69, 9.17) is 9.68 Å². The molecule has 2 heterocycles. The van der Waals surface area contributed by atoms with Crippen LogP contribution in [-0.2, 0) is 11.3 Å². The van der Waals surface area contributed by atoms with Crippen LogP contribution in [-0.4, -0.2) is 10.9 Å². The summed E-state index contributed by atoms with van der Waals surface area (Å²) in [5.74, 6) is 0.209. The molecule has 0 aromatic carbocycles. The first-order valence-electron chi connectivity index (χ1n) is 5.10. The molecule has 0 aliphatic heterocycles. The second-order valence-electron chi connectivity index (χ2n) is 3.34. The minimum absolute atomic E-state index is 0.0470. The van der Waals surface area contributed by atoms with E-state index in [0.29, 0.717) is 5.76 Å². The Labute approximate surface area is 107 Å². The first-order valence-corrected chi connectivity index (χ1v) is 5.98. The topological polar surface area (TPSA) is 78.9 Å². The van der Waals surface area contributed by atoms with Crippen LogP contribution in [0.3, 0.4) is 0 Å². The number of carbonyl (C=O) groups is 1. The molecule has 0 aliphatic carbocycles. The predicted molar refractivity (Wildman–Crippen MR) is 66.3 cm³/mol. The number of hydrogen-bond acceptors (Lipinski definition) is 5. The van der Waals surface area contributed by atoms with Crippen LogP contribution in [0.5, 0.6) is 0 Å². The SMILES string of the molecule is N#C/C(=C\c1cncs1)C(=O)NCc1ccco1. The molecule has 0 atom stereocenters. The van der Waals surface area contributed by atoms with Crippen molar-refractivity contribution in [2.45, 2.75) is 6.54 Å². The summed E-state index contributed by atoms with van der Waals surface area (Å²) >= 11 is 1.36. The Kier molecular flexibility index (Phi) is 3.89. The zero-order valence-electron chi connectivity index (χ0n) is 9.29. The fourth-order valence-electron chi connectivity index (χ4n) is 1.26. The number of nitrogens with one attached hydrogen (secondary N) is 1. The zero-order chi connectivity index (χ0) is 12.8. The first kappa shape index (κ1) is 12.1. The van der Waals surface area contributed by atoms with Gasteiger partial charge in [-0.2, -0.15) is 5.26 Å². The second-order valence-corrected chi connectivity index (χ2v) is 4.25. The van der Waals surface area contributed by atoms with Crippen molar-refractivity contribution in [2.75, 3.05) is 0 Å². The third-order valence-electron chi connectivity index (χ3n) is 2.11. The molecule has 0 bridgehead atoms. The van der Waals surface area contributed by atoms with E-state index in [2.05, 4.69) is 10.3 Å². The number of nitriles is 1. The van der Waals surface area contributed by atoms with Gasteiger partial charge in [-0.15, -0.1) is 11.3 Å². The molecule has 18 heavy (non-hydrogen) atoms. The van der Waals surface area contributed by atoms with Gasteiger partial charge in [-0.05, 0) is 18.2 Å². The van der Waals surface area contributed by atoms with Crippen LogP contribution in [0.2, 0.25) is 0 Å². The summed E-state index contributed by atoms with van der Waals surface area (Å²) in [6, 6.07) is 5.35. The molecule has 2 aromatic heterocycles. The van der Waals surface area contributed by atoms with Crippen LogP contribution in [0.4, 0.5) is 0 Å². The van der Waals surface area contributed by atoms with Gasteiger partial charge in [0.1, 0.15) is 17.4 Å². The number of hydrogen-bond donors (Lipinski definition) is 1.